The van der Waals surface area contributed by atoms with Gasteiger partial charge in [0.25, 0.3) is 0 Å². The lowest BCUT2D eigenvalue weighted by Crippen LogP contribution is -2.22. The van der Waals surface area contributed by atoms with Gasteiger partial charge in [0.15, 0.2) is 20.7 Å². The van der Waals surface area contributed by atoms with E-state index in [0.717, 1.165) is 6.26 Å². The van der Waals surface area contributed by atoms with E-state index in [2.05, 4.69) is 25.9 Å². The third-order valence-corrected chi connectivity index (χ3v) is 5.13. The van der Waals surface area contributed by atoms with Gasteiger partial charge >= 0.3 is 0 Å². The third-order valence-electron chi connectivity index (χ3n) is 1.25. The zero-order chi connectivity index (χ0) is 12.4. The summed E-state index contributed by atoms with van der Waals surface area (Å²) in [7, 11) is -7.58. The number of hydrogen-bond acceptors (Lipinski definition) is 6. The molecule has 0 aliphatic heterocycles. The second-order valence-corrected chi connectivity index (χ2v) is 8.03. The molecule has 0 unspecified atom stereocenters. The number of rotatable bonds is 4. The van der Waals surface area contributed by atoms with Gasteiger partial charge in [-0.3, -0.25) is 4.72 Å². The van der Waals surface area contributed by atoms with Crippen LogP contribution in [-0.4, -0.2) is 38.1 Å². The highest BCUT2D eigenvalue weighted by Crippen LogP contribution is 2.08. The largest absolute Gasteiger partial charge is 0.265 e. The van der Waals surface area contributed by atoms with Crippen molar-refractivity contribution in [2.75, 3.05) is 16.1 Å². The average molecular weight is 330 g/mol. The zero-order valence-electron chi connectivity index (χ0n) is 8.08. The van der Waals surface area contributed by atoms with Gasteiger partial charge in [0.2, 0.25) is 10.0 Å². The number of hydrogen-bond donors (Lipinski definition) is 1. The van der Waals surface area contributed by atoms with Gasteiger partial charge in [-0.25, -0.2) is 26.8 Å². The van der Waals surface area contributed by atoms with E-state index < -0.39 is 24.9 Å². The van der Waals surface area contributed by atoms with Crippen molar-refractivity contribution in [3.63, 3.8) is 0 Å². The zero-order valence-corrected chi connectivity index (χ0v) is 11.3. The van der Waals surface area contributed by atoms with Crippen molar-refractivity contribution < 1.29 is 16.8 Å². The first-order valence-corrected chi connectivity index (χ1v) is 8.34. The van der Waals surface area contributed by atoms with E-state index in [4.69, 9.17) is 0 Å². The fourth-order valence-corrected chi connectivity index (χ4v) is 3.95. The molecule has 0 bridgehead atoms. The molecule has 1 aromatic heterocycles. The lowest BCUT2D eigenvalue weighted by Gasteiger charge is -2.05. The summed E-state index contributed by atoms with van der Waals surface area (Å²) in [4.78, 5) is 7.44. The Kier molecular flexibility index (Phi) is 3.86. The molecule has 1 aromatic rings. The van der Waals surface area contributed by atoms with Crippen LogP contribution in [0, 0.1) is 0 Å². The lowest BCUT2D eigenvalue weighted by atomic mass is 10.7. The highest BCUT2D eigenvalue weighted by molar-refractivity contribution is 9.10. The maximum absolute atomic E-state index is 11.3. The van der Waals surface area contributed by atoms with E-state index in [0.29, 0.717) is 4.60 Å². The normalized spacial score (nSPS) is 12.4. The standard InChI is InChI=1S/C6H8BrN3O4S2/c1-15(11,12)4-16(13,14)10-6-3-8-5(7)2-9-6/h2-3H,4H2,1H3,(H,9,10). The molecule has 10 heteroatoms. The molecule has 0 atom stereocenters. The first-order valence-electron chi connectivity index (χ1n) is 3.84. The van der Waals surface area contributed by atoms with Crippen molar-refractivity contribution in [2.24, 2.45) is 0 Å². The summed E-state index contributed by atoms with van der Waals surface area (Å²) in [6.07, 6.45) is 3.29. The molecular formula is C6H8BrN3O4S2. The maximum atomic E-state index is 11.3. The highest BCUT2D eigenvalue weighted by Gasteiger charge is 2.18. The van der Waals surface area contributed by atoms with Gasteiger partial charge in [0.05, 0.1) is 12.4 Å². The van der Waals surface area contributed by atoms with E-state index in [1.807, 2.05) is 4.72 Å². The first kappa shape index (κ1) is 13.3. The Morgan fingerprint density at radius 2 is 1.88 bits per heavy atom. The molecule has 0 saturated heterocycles. The van der Waals surface area contributed by atoms with Crippen LogP contribution in [0.3, 0.4) is 0 Å². The molecule has 1 rings (SSSR count). The van der Waals surface area contributed by atoms with E-state index in [1.165, 1.54) is 12.4 Å². The number of nitrogens with one attached hydrogen (secondary N) is 1. The van der Waals surface area contributed by atoms with Crippen molar-refractivity contribution in [1.82, 2.24) is 9.97 Å². The highest BCUT2D eigenvalue weighted by atomic mass is 79.9. The number of halogens is 1. The maximum Gasteiger partial charge on any atom is 0.248 e. The molecule has 0 saturated carbocycles. The quantitative estimate of drug-likeness (QED) is 0.832. The summed E-state index contributed by atoms with van der Waals surface area (Å²) in [6, 6.07) is 0. The smallest absolute Gasteiger partial charge is 0.248 e. The van der Waals surface area contributed by atoms with Crippen molar-refractivity contribution in [3.05, 3.63) is 17.0 Å². The minimum Gasteiger partial charge on any atom is -0.265 e. The topological polar surface area (TPSA) is 106 Å². The fourth-order valence-electron chi connectivity index (χ4n) is 0.836. The summed E-state index contributed by atoms with van der Waals surface area (Å²) in [6.45, 7) is 0. The van der Waals surface area contributed by atoms with Gasteiger partial charge in [-0.15, -0.1) is 0 Å². The molecule has 1 heterocycles. The molecule has 90 valence electrons. The number of anilines is 1. The van der Waals surface area contributed by atoms with Crippen LogP contribution in [-0.2, 0) is 19.9 Å². The Morgan fingerprint density at radius 3 is 2.31 bits per heavy atom. The van der Waals surface area contributed by atoms with Crippen LogP contribution in [0.25, 0.3) is 0 Å². The third kappa shape index (κ3) is 4.86. The van der Waals surface area contributed by atoms with Crippen molar-refractivity contribution in [2.45, 2.75) is 0 Å². The molecule has 0 fully saturated rings. The molecule has 16 heavy (non-hydrogen) atoms. The van der Waals surface area contributed by atoms with E-state index in [-0.39, 0.29) is 5.82 Å². The summed E-state index contributed by atoms with van der Waals surface area (Å²) < 4.78 is 46.8. The van der Waals surface area contributed by atoms with E-state index in [9.17, 15) is 16.8 Å². The SMILES string of the molecule is CS(=O)(=O)CS(=O)(=O)Nc1cnc(Br)cn1. The van der Waals surface area contributed by atoms with Crippen LogP contribution in [0.5, 0.6) is 0 Å². The number of sulfone groups is 1. The van der Waals surface area contributed by atoms with Crippen molar-refractivity contribution in [1.29, 1.82) is 0 Å². The van der Waals surface area contributed by atoms with Crippen LogP contribution in [0.15, 0.2) is 17.0 Å². The Morgan fingerprint density at radius 1 is 1.25 bits per heavy atom. The van der Waals surface area contributed by atoms with Gasteiger partial charge in [-0.05, 0) is 15.9 Å². The monoisotopic (exact) mass is 329 g/mol. The van der Waals surface area contributed by atoms with Gasteiger partial charge in [0, 0.05) is 6.26 Å². The Bertz CT molecular complexity index is 566. The van der Waals surface area contributed by atoms with Crippen LogP contribution in [0.4, 0.5) is 5.82 Å². The number of sulfonamides is 1. The lowest BCUT2D eigenvalue weighted by molar-refractivity contribution is 0.594. The van der Waals surface area contributed by atoms with Gasteiger partial charge < -0.3 is 0 Å². The minimum absolute atomic E-state index is 0.0353. The number of nitrogens with zero attached hydrogens (tertiary/aromatic N) is 2. The Balaban J connectivity index is 2.85. The van der Waals surface area contributed by atoms with Crippen LogP contribution in [0.1, 0.15) is 0 Å². The van der Waals surface area contributed by atoms with E-state index in [1.54, 1.807) is 0 Å². The van der Waals surface area contributed by atoms with Crippen molar-refractivity contribution >= 4 is 41.6 Å². The van der Waals surface area contributed by atoms with Crippen LogP contribution in [0.2, 0.25) is 0 Å². The molecule has 0 radical (unpaired) electrons. The summed E-state index contributed by atoms with van der Waals surface area (Å²) in [5.41, 5.74) is 0. The first-order chi connectivity index (χ1) is 7.18. The van der Waals surface area contributed by atoms with Gasteiger partial charge in [-0.2, -0.15) is 0 Å². The van der Waals surface area contributed by atoms with Crippen LogP contribution < -0.4 is 4.72 Å². The summed E-state index contributed by atoms with van der Waals surface area (Å²) in [5, 5.41) is -0.988. The van der Waals surface area contributed by atoms with Crippen LogP contribution >= 0.6 is 15.9 Å². The minimum atomic E-state index is -3.96. The summed E-state index contributed by atoms with van der Waals surface area (Å²) in [5.74, 6) is -0.0353. The van der Waals surface area contributed by atoms with Crippen molar-refractivity contribution in [3.8, 4) is 0 Å². The molecule has 0 spiro atoms. The molecule has 0 amide bonds. The predicted molar refractivity (Wildman–Crippen MR) is 62.0 cm³/mol. The Labute approximate surface area is 101 Å². The number of aromatic nitrogens is 2. The summed E-state index contributed by atoms with van der Waals surface area (Å²) >= 11 is 3.03. The molecule has 0 aromatic carbocycles. The second-order valence-electron chi connectivity index (χ2n) is 2.98. The average Bonchev–Trinajstić information content (AvgIpc) is 2.04. The Hall–Kier alpha value is -0.740. The molecule has 0 aliphatic carbocycles. The van der Waals surface area contributed by atoms with Gasteiger partial charge in [-0.1, -0.05) is 0 Å². The second kappa shape index (κ2) is 4.63. The molecular weight excluding hydrogens is 322 g/mol. The van der Waals surface area contributed by atoms with E-state index >= 15 is 0 Å². The molecule has 1 N–H and O–H groups in total. The predicted octanol–water partition coefficient (Wildman–Crippen LogP) is -0.0171. The molecule has 0 aliphatic rings. The van der Waals surface area contributed by atoms with Gasteiger partial charge in [0.1, 0.15) is 4.60 Å². The fraction of sp³-hybridized carbons (Fsp3) is 0.333. The molecule has 7 nitrogen and oxygen atoms in total.